The quantitative estimate of drug-likeness (QED) is 0.815. The summed E-state index contributed by atoms with van der Waals surface area (Å²) in [5.74, 6) is 0.604. The third kappa shape index (κ3) is 4.51. The average Bonchev–Trinajstić information content (AvgIpc) is 2.37. The van der Waals surface area contributed by atoms with Crippen LogP contribution in [0.3, 0.4) is 0 Å². The molecule has 5 heteroatoms. The molecule has 0 aliphatic heterocycles. The second kappa shape index (κ2) is 6.91. The van der Waals surface area contributed by atoms with E-state index in [0.29, 0.717) is 13.1 Å². The lowest BCUT2D eigenvalue weighted by Gasteiger charge is -2.22. The average molecular weight is 330 g/mol. The Hall–Kier alpha value is -1.07. The number of ether oxygens (including phenoxy) is 2. The third-order valence-electron chi connectivity index (χ3n) is 2.86. The van der Waals surface area contributed by atoms with Gasteiger partial charge in [0.2, 0.25) is 0 Å². The van der Waals surface area contributed by atoms with Gasteiger partial charge in [0.25, 0.3) is 0 Å². The molecule has 0 aromatic heterocycles. The highest BCUT2D eigenvalue weighted by atomic mass is 79.9. The van der Waals surface area contributed by atoms with Crippen LogP contribution in [0.1, 0.15) is 19.4 Å². The number of benzene rings is 1. The van der Waals surface area contributed by atoms with Crippen molar-refractivity contribution in [2.45, 2.75) is 20.4 Å². The Morgan fingerprint density at radius 2 is 2.05 bits per heavy atom. The van der Waals surface area contributed by atoms with Crippen LogP contribution < -0.4 is 10.1 Å². The Kier molecular flexibility index (Phi) is 5.82. The zero-order chi connectivity index (χ0) is 14.5. The van der Waals surface area contributed by atoms with Crippen LogP contribution in [-0.2, 0) is 16.1 Å². The minimum atomic E-state index is -0.548. The maximum atomic E-state index is 11.6. The first-order valence-corrected chi connectivity index (χ1v) is 6.81. The lowest BCUT2D eigenvalue weighted by molar-refractivity contribution is -0.150. The molecule has 0 heterocycles. The number of halogens is 1. The summed E-state index contributed by atoms with van der Waals surface area (Å²) in [5.41, 5.74) is 0.492. The fourth-order valence-corrected chi connectivity index (χ4v) is 2.15. The summed E-state index contributed by atoms with van der Waals surface area (Å²) >= 11 is 3.43. The molecule has 0 aliphatic rings. The Labute approximate surface area is 122 Å². The van der Waals surface area contributed by atoms with Gasteiger partial charge in [-0.1, -0.05) is 15.9 Å². The standard InChI is InChI=1S/C14H20BrNO3/c1-14(2,13(17)19-4)9-16-8-10-7-11(15)5-6-12(10)18-3/h5-7,16H,8-9H2,1-4H3. The SMILES string of the molecule is COC(=O)C(C)(C)CNCc1cc(Br)ccc1OC. The van der Waals surface area contributed by atoms with Crippen molar-refractivity contribution in [3.63, 3.8) is 0 Å². The van der Waals surface area contributed by atoms with Crippen LogP contribution in [-0.4, -0.2) is 26.7 Å². The van der Waals surface area contributed by atoms with E-state index in [1.165, 1.54) is 7.11 Å². The minimum Gasteiger partial charge on any atom is -0.496 e. The first-order valence-electron chi connectivity index (χ1n) is 6.02. The highest BCUT2D eigenvalue weighted by Crippen LogP contribution is 2.23. The molecule has 0 atom stereocenters. The van der Waals surface area contributed by atoms with Gasteiger partial charge in [0.1, 0.15) is 5.75 Å². The van der Waals surface area contributed by atoms with Crippen molar-refractivity contribution in [3.05, 3.63) is 28.2 Å². The normalized spacial score (nSPS) is 11.2. The number of hydrogen-bond acceptors (Lipinski definition) is 4. The van der Waals surface area contributed by atoms with Crippen LogP contribution in [0.5, 0.6) is 5.75 Å². The van der Waals surface area contributed by atoms with Crippen molar-refractivity contribution >= 4 is 21.9 Å². The molecule has 0 amide bonds. The lowest BCUT2D eigenvalue weighted by atomic mass is 9.93. The number of hydrogen-bond donors (Lipinski definition) is 1. The van der Waals surface area contributed by atoms with Crippen LogP contribution in [0.25, 0.3) is 0 Å². The van der Waals surface area contributed by atoms with E-state index in [-0.39, 0.29) is 5.97 Å². The molecule has 19 heavy (non-hydrogen) atoms. The number of nitrogens with one attached hydrogen (secondary N) is 1. The second-order valence-electron chi connectivity index (χ2n) is 4.94. The van der Waals surface area contributed by atoms with E-state index < -0.39 is 5.41 Å². The highest BCUT2D eigenvalue weighted by Gasteiger charge is 2.28. The maximum Gasteiger partial charge on any atom is 0.312 e. The van der Waals surface area contributed by atoms with E-state index in [0.717, 1.165) is 15.8 Å². The Balaban J connectivity index is 2.63. The van der Waals surface area contributed by atoms with Crippen molar-refractivity contribution in [1.82, 2.24) is 5.32 Å². The van der Waals surface area contributed by atoms with Gasteiger partial charge in [-0.05, 0) is 32.0 Å². The minimum absolute atomic E-state index is 0.221. The van der Waals surface area contributed by atoms with Gasteiger partial charge in [-0.25, -0.2) is 0 Å². The van der Waals surface area contributed by atoms with Gasteiger partial charge in [-0.2, -0.15) is 0 Å². The number of carbonyl (C=O) groups excluding carboxylic acids is 1. The van der Waals surface area contributed by atoms with Crippen molar-refractivity contribution in [1.29, 1.82) is 0 Å². The molecule has 4 nitrogen and oxygen atoms in total. The lowest BCUT2D eigenvalue weighted by Crippen LogP contribution is -2.36. The second-order valence-corrected chi connectivity index (χ2v) is 5.85. The summed E-state index contributed by atoms with van der Waals surface area (Å²) in [5, 5.41) is 3.26. The van der Waals surface area contributed by atoms with E-state index in [1.54, 1.807) is 7.11 Å². The topological polar surface area (TPSA) is 47.6 Å². The molecule has 106 valence electrons. The molecular formula is C14H20BrNO3. The highest BCUT2D eigenvalue weighted by molar-refractivity contribution is 9.10. The van der Waals surface area contributed by atoms with E-state index in [1.807, 2.05) is 32.0 Å². The summed E-state index contributed by atoms with van der Waals surface area (Å²) in [7, 11) is 3.05. The molecule has 0 fully saturated rings. The smallest absolute Gasteiger partial charge is 0.312 e. The zero-order valence-corrected chi connectivity index (χ0v) is 13.3. The first-order chi connectivity index (χ1) is 8.90. The fourth-order valence-electron chi connectivity index (χ4n) is 1.74. The predicted molar refractivity (Wildman–Crippen MR) is 78.2 cm³/mol. The van der Waals surface area contributed by atoms with Crippen LogP contribution in [0.4, 0.5) is 0 Å². The molecular weight excluding hydrogens is 310 g/mol. The predicted octanol–water partition coefficient (Wildman–Crippen LogP) is 2.75. The van der Waals surface area contributed by atoms with Gasteiger partial charge < -0.3 is 14.8 Å². The summed E-state index contributed by atoms with van der Waals surface area (Å²) in [4.78, 5) is 11.6. The molecule has 0 bridgehead atoms. The monoisotopic (exact) mass is 329 g/mol. The Morgan fingerprint density at radius 1 is 1.37 bits per heavy atom. The number of methoxy groups -OCH3 is 2. The molecule has 1 N–H and O–H groups in total. The number of rotatable bonds is 6. The molecule has 0 spiro atoms. The van der Waals surface area contributed by atoms with Gasteiger partial charge in [0.05, 0.1) is 19.6 Å². The molecule has 0 aliphatic carbocycles. The van der Waals surface area contributed by atoms with E-state index >= 15 is 0 Å². The molecule has 0 saturated carbocycles. The van der Waals surface area contributed by atoms with Crippen LogP contribution in [0.15, 0.2) is 22.7 Å². The molecule has 0 unspecified atom stereocenters. The zero-order valence-electron chi connectivity index (χ0n) is 11.7. The van der Waals surface area contributed by atoms with Gasteiger partial charge >= 0.3 is 5.97 Å². The fraction of sp³-hybridized carbons (Fsp3) is 0.500. The summed E-state index contributed by atoms with van der Waals surface area (Å²) < 4.78 is 11.1. The Bertz CT molecular complexity index is 446. The molecule has 1 rings (SSSR count). The summed E-state index contributed by atoms with van der Waals surface area (Å²) in [6.45, 7) is 4.87. The van der Waals surface area contributed by atoms with E-state index in [2.05, 4.69) is 21.2 Å². The largest absolute Gasteiger partial charge is 0.496 e. The summed E-state index contributed by atoms with van der Waals surface area (Å²) in [6, 6.07) is 5.84. The first kappa shape index (κ1) is 16.0. The third-order valence-corrected chi connectivity index (χ3v) is 3.36. The van der Waals surface area contributed by atoms with Gasteiger partial charge in [0.15, 0.2) is 0 Å². The van der Waals surface area contributed by atoms with Crippen LogP contribution in [0, 0.1) is 5.41 Å². The Morgan fingerprint density at radius 3 is 2.63 bits per heavy atom. The van der Waals surface area contributed by atoms with E-state index in [9.17, 15) is 4.79 Å². The van der Waals surface area contributed by atoms with Crippen molar-refractivity contribution in [2.24, 2.45) is 5.41 Å². The summed E-state index contributed by atoms with van der Waals surface area (Å²) in [6.07, 6.45) is 0. The van der Waals surface area contributed by atoms with Gasteiger partial charge in [0, 0.05) is 23.1 Å². The van der Waals surface area contributed by atoms with Gasteiger partial charge in [-0.3, -0.25) is 4.79 Å². The maximum absolute atomic E-state index is 11.6. The number of esters is 1. The van der Waals surface area contributed by atoms with Gasteiger partial charge in [-0.15, -0.1) is 0 Å². The molecule has 1 aromatic carbocycles. The molecule has 1 aromatic rings. The van der Waals surface area contributed by atoms with Crippen molar-refractivity contribution in [3.8, 4) is 5.75 Å². The molecule has 0 saturated heterocycles. The number of carbonyl (C=O) groups is 1. The van der Waals surface area contributed by atoms with E-state index in [4.69, 9.17) is 9.47 Å². The van der Waals surface area contributed by atoms with Crippen molar-refractivity contribution < 1.29 is 14.3 Å². The van der Waals surface area contributed by atoms with Crippen LogP contribution >= 0.6 is 15.9 Å². The molecule has 0 radical (unpaired) electrons. The van der Waals surface area contributed by atoms with Crippen molar-refractivity contribution in [2.75, 3.05) is 20.8 Å². The van der Waals surface area contributed by atoms with Crippen LogP contribution in [0.2, 0.25) is 0 Å².